The third-order valence-corrected chi connectivity index (χ3v) is 3.71. The van der Waals surface area contributed by atoms with E-state index in [-0.39, 0.29) is 5.82 Å². The number of rotatable bonds is 3. The van der Waals surface area contributed by atoms with Gasteiger partial charge in [0.15, 0.2) is 0 Å². The van der Waals surface area contributed by atoms with Gasteiger partial charge in [-0.05, 0) is 30.2 Å². The van der Waals surface area contributed by atoms with Crippen molar-refractivity contribution in [3.8, 4) is 0 Å². The fraction of sp³-hybridized carbons (Fsp3) is 0.538. The lowest BCUT2D eigenvalue weighted by molar-refractivity contribution is 0.169. The first-order valence-electron chi connectivity index (χ1n) is 6.11. The Morgan fingerprint density at radius 2 is 2.06 bits per heavy atom. The lowest BCUT2D eigenvalue weighted by atomic mass is 10.0. The molecule has 0 radical (unpaired) electrons. The molecule has 1 aliphatic heterocycles. The molecule has 0 spiro atoms. The minimum absolute atomic E-state index is 0.164. The minimum Gasteiger partial charge on any atom is -0.314 e. The molecule has 1 heterocycles. The van der Waals surface area contributed by atoms with Gasteiger partial charge in [-0.1, -0.05) is 22.9 Å². The second kappa shape index (κ2) is 5.94. The van der Waals surface area contributed by atoms with Crippen molar-refractivity contribution in [3.63, 3.8) is 0 Å². The van der Waals surface area contributed by atoms with Gasteiger partial charge in [0.05, 0.1) is 0 Å². The van der Waals surface area contributed by atoms with Crippen molar-refractivity contribution in [2.45, 2.75) is 19.4 Å². The van der Waals surface area contributed by atoms with E-state index < -0.39 is 0 Å². The van der Waals surface area contributed by atoms with E-state index in [1.54, 1.807) is 6.07 Å². The molecule has 0 bridgehead atoms. The van der Waals surface area contributed by atoms with Crippen molar-refractivity contribution in [2.24, 2.45) is 0 Å². The molecule has 0 aromatic heterocycles. The summed E-state index contributed by atoms with van der Waals surface area (Å²) in [6, 6.07) is 5.51. The summed E-state index contributed by atoms with van der Waals surface area (Å²) in [6.45, 7) is 6.27. The van der Waals surface area contributed by atoms with Gasteiger partial charge in [-0.15, -0.1) is 0 Å². The molecule has 1 atom stereocenters. The highest BCUT2D eigenvalue weighted by molar-refractivity contribution is 9.10. The number of hydrogen-bond donors (Lipinski definition) is 1. The molecule has 4 heteroatoms. The average Bonchev–Trinajstić information content (AvgIpc) is 2.30. The number of nitrogens with zero attached hydrogens (tertiary/aromatic N) is 1. The summed E-state index contributed by atoms with van der Waals surface area (Å²) in [5, 5.41) is 3.34. The van der Waals surface area contributed by atoms with Crippen LogP contribution in [0.5, 0.6) is 0 Å². The normalized spacial score (nSPS) is 19.2. The molecule has 0 saturated carbocycles. The Labute approximate surface area is 110 Å². The maximum absolute atomic E-state index is 13.4. The van der Waals surface area contributed by atoms with Crippen molar-refractivity contribution >= 4 is 15.9 Å². The first kappa shape index (κ1) is 13.0. The summed E-state index contributed by atoms with van der Waals surface area (Å²) in [5.74, 6) is -0.164. The molecule has 2 nitrogen and oxygen atoms in total. The predicted molar refractivity (Wildman–Crippen MR) is 71.6 cm³/mol. The number of halogens is 2. The fourth-order valence-electron chi connectivity index (χ4n) is 2.47. The van der Waals surface area contributed by atoms with Crippen LogP contribution in [0.15, 0.2) is 22.7 Å². The Kier molecular flexibility index (Phi) is 4.54. The van der Waals surface area contributed by atoms with Gasteiger partial charge >= 0.3 is 0 Å². The highest BCUT2D eigenvalue weighted by Crippen LogP contribution is 2.27. The molecular weight excluding hydrogens is 283 g/mol. The zero-order valence-electron chi connectivity index (χ0n) is 10.0. The SMILES string of the molecule is CC[C@@H](c1cc(F)cc(Br)c1)N1CCNCC1. The van der Waals surface area contributed by atoms with E-state index in [1.165, 1.54) is 6.07 Å². The monoisotopic (exact) mass is 300 g/mol. The zero-order chi connectivity index (χ0) is 12.3. The van der Waals surface area contributed by atoms with Crippen molar-refractivity contribution in [3.05, 3.63) is 34.1 Å². The van der Waals surface area contributed by atoms with Gasteiger partial charge in [0, 0.05) is 36.7 Å². The number of benzene rings is 1. The number of piperazine rings is 1. The minimum atomic E-state index is -0.164. The van der Waals surface area contributed by atoms with Crippen LogP contribution < -0.4 is 5.32 Å². The van der Waals surface area contributed by atoms with Gasteiger partial charge in [-0.3, -0.25) is 4.90 Å². The molecule has 1 fully saturated rings. The highest BCUT2D eigenvalue weighted by Gasteiger charge is 2.21. The molecule has 2 rings (SSSR count). The Bertz CT molecular complexity index is 357. The van der Waals surface area contributed by atoms with Crippen LogP contribution in [0.4, 0.5) is 4.39 Å². The van der Waals surface area contributed by atoms with E-state index in [9.17, 15) is 4.39 Å². The van der Waals surface area contributed by atoms with Crippen LogP contribution in [-0.2, 0) is 0 Å². The fourth-order valence-corrected chi connectivity index (χ4v) is 2.95. The first-order valence-corrected chi connectivity index (χ1v) is 6.90. The summed E-state index contributed by atoms with van der Waals surface area (Å²) in [6.07, 6.45) is 1.01. The predicted octanol–water partition coefficient (Wildman–Crippen LogP) is 2.94. The molecule has 1 N–H and O–H groups in total. The van der Waals surface area contributed by atoms with Crippen molar-refractivity contribution < 1.29 is 4.39 Å². The third kappa shape index (κ3) is 3.27. The van der Waals surface area contributed by atoms with E-state index in [0.717, 1.165) is 42.6 Å². The summed E-state index contributed by atoms with van der Waals surface area (Å²) < 4.78 is 14.3. The van der Waals surface area contributed by atoms with Crippen LogP contribution in [-0.4, -0.2) is 31.1 Å². The Hall–Kier alpha value is -0.450. The molecule has 0 amide bonds. The summed E-state index contributed by atoms with van der Waals surface area (Å²) in [4.78, 5) is 2.43. The first-order chi connectivity index (χ1) is 8.20. The van der Waals surface area contributed by atoms with Crippen molar-refractivity contribution in [1.29, 1.82) is 0 Å². The molecular formula is C13H18BrFN2. The number of hydrogen-bond acceptors (Lipinski definition) is 2. The van der Waals surface area contributed by atoms with Crippen LogP contribution in [0.3, 0.4) is 0 Å². The third-order valence-electron chi connectivity index (χ3n) is 3.25. The molecule has 1 saturated heterocycles. The van der Waals surface area contributed by atoms with Gasteiger partial charge < -0.3 is 5.32 Å². The summed E-state index contributed by atoms with van der Waals surface area (Å²) >= 11 is 3.36. The van der Waals surface area contributed by atoms with Gasteiger partial charge in [0.1, 0.15) is 5.82 Å². The smallest absolute Gasteiger partial charge is 0.124 e. The van der Waals surface area contributed by atoms with E-state index >= 15 is 0 Å². The van der Waals surface area contributed by atoms with Crippen LogP contribution in [0.1, 0.15) is 24.9 Å². The van der Waals surface area contributed by atoms with E-state index in [1.807, 2.05) is 6.07 Å². The largest absolute Gasteiger partial charge is 0.314 e. The molecule has 0 aliphatic carbocycles. The lowest BCUT2D eigenvalue weighted by Crippen LogP contribution is -2.45. The van der Waals surface area contributed by atoms with E-state index in [4.69, 9.17) is 0 Å². The van der Waals surface area contributed by atoms with E-state index in [0.29, 0.717) is 6.04 Å². The molecule has 1 aromatic rings. The standard InChI is InChI=1S/C13H18BrFN2/c1-2-13(17-5-3-16-4-6-17)10-7-11(14)9-12(15)8-10/h7-9,13,16H,2-6H2,1H3/t13-/m0/s1. The summed E-state index contributed by atoms with van der Waals surface area (Å²) in [7, 11) is 0. The molecule has 0 unspecified atom stereocenters. The molecule has 1 aliphatic rings. The topological polar surface area (TPSA) is 15.3 Å². The van der Waals surface area contributed by atoms with Gasteiger partial charge in [-0.25, -0.2) is 4.39 Å². The molecule has 1 aromatic carbocycles. The zero-order valence-corrected chi connectivity index (χ0v) is 11.6. The van der Waals surface area contributed by atoms with Crippen molar-refractivity contribution in [2.75, 3.05) is 26.2 Å². The van der Waals surface area contributed by atoms with E-state index in [2.05, 4.69) is 33.1 Å². The van der Waals surface area contributed by atoms with Gasteiger partial charge in [0.2, 0.25) is 0 Å². The Balaban J connectivity index is 2.21. The van der Waals surface area contributed by atoms with Gasteiger partial charge in [-0.2, -0.15) is 0 Å². The van der Waals surface area contributed by atoms with Crippen LogP contribution in [0.2, 0.25) is 0 Å². The molecule has 94 valence electrons. The quantitative estimate of drug-likeness (QED) is 0.923. The highest BCUT2D eigenvalue weighted by atomic mass is 79.9. The second-order valence-electron chi connectivity index (χ2n) is 4.41. The van der Waals surface area contributed by atoms with Crippen LogP contribution in [0.25, 0.3) is 0 Å². The molecule has 17 heavy (non-hydrogen) atoms. The maximum Gasteiger partial charge on any atom is 0.124 e. The lowest BCUT2D eigenvalue weighted by Gasteiger charge is -2.34. The Morgan fingerprint density at radius 1 is 1.35 bits per heavy atom. The van der Waals surface area contributed by atoms with Crippen molar-refractivity contribution in [1.82, 2.24) is 10.2 Å². The average molecular weight is 301 g/mol. The Morgan fingerprint density at radius 3 is 2.65 bits per heavy atom. The second-order valence-corrected chi connectivity index (χ2v) is 5.33. The van der Waals surface area contributed by atoms with Crippen LogP contribution >= 0.6 is 15.9 Å². The maximum atomic E-state index is 13.4. The summed E-state index contributed by atoms with van der Waals surface area (Å²) in [5.41, 5.74) is 1.07. The van der Waals surface area contributed by atoms with Crippen LogP contribution in [0, 0.1) is 5.82 Å². The van der Waals surface area contributed by atoms with Gasteiger partial charge in [0.25, 0.3) is 0 Å². The number of nitrogens with one attached hydrogen (secondary N) is 1.